The third kappa shape index (κ3) is 2.92. The highest BCUT2D eigenvalue weighted by molar-refractivity contribution is 5.94. The van der Waals surface area contributed by atoms with Crippen molar-refractivity contribution in [2.24, 2.45) is 5.73 Å². The zero-order valence-corrected chi connectivity index (χ0v) is 10.6. The average molecular weight is 290 g/mol. The van der Waals surface area contributed by atoms with Crippen LogP contribution in [0.1, 0.15) is 28.8 Å². The molecule has 20 heavy (non-hydrogen) atoms. The van der Waals surface area contributed by atoms with Gasteiger partial charge in [-0.1, -0.05) is 0 Å². The number of halogens is 4. The number of likely N-dealkylation sites (tertiary alicyclic amines) is 1. The van der Waals surface area contributed by atoms with Crippen molar-refractivity contribution in [2.45, 2.75) is 25.1 Å². The lowest BCUT2D eigenvalue weighted by Crippen LogP contribution is -2.40. The second kappa shape index (κ2) is 5.40. The summed E-state index contributed by atoms with van der Waals surface area (Å²) in [5.74, 6) is -1.69. The Kier molecular flexibility index (Phi) is 3.99. The number of nitrogens with two attached hydrogens (primary N) is 1. The fourth-order valence-electron chi connectivity index (χ4n) is 2.39. The van der Waals surface area contributed by atoms with Crippen LogP contribution in [0, 0.1) is 5.82 Å². The van der Waals surface area contributed by atoms with E-state index in [0.717, 1.165) is 12.5 Å². The lowest BCUT2D eigenvalue weighted by Gasteiger charge is -2.23. The Labute approximate surface area is 113 Å². The number of alkyl halides is 3. The minimum atomic E-state index is -4.69. The summed E-state index contributed by atoms with van der Waals surface area (Å²) in [6, 6.07) is 1.68. The molecule has 1 fully saturated rings. The molecule has 1 atom stereocenters. The first-order chi connectivity index (χ1) is 9.32. The topological polar surface area (TPSA) is 46.3 Å². The van der Waals surface area contributed by atoms with Gasteiger partial charge in [-0.2, -0.15) is 13.2 Å². The second-order valence-corrected chi connectivity index (χ2v) is 4.76. The highest BCUT2D eigenvalue weighted by Crippen LogP contribution is 2.31. The van der Waals surface area contributed by atoms with E-state index in [2.05, 4.69) is 0 Å². The predicted molar refractivity (Wildman–Crippen MR) is 64.5 cm³/mol. The summed E-state index contributed by atoms with van der Waals surface area (Å²) in [6.07, 6.45) is -3.23. The maximum absolute atomic E-state index is 13.3. The SMILES string of the molecule is NCC1CCCN1C(=O)c1cc(F)cc(C(F)(F)F)c1. The van der Waals surface area contributed by atoms with Gasteiger partial charge >= 0.3 is 6.18 Å². The monoisotopic (exact) mass is 290 g/mol. The fraction of sp³-hybridized carbons (Fsp3) is 0.462. The van der Waals surface area contributed by atoms with E-state index >= 15 is 0 Å². The van der Waals surface area contributed by atoms with Crippen LogP contribution < -0.4 is 5.73 Å². The van der Waals surface area contributed by atoms with Gasteiger partial charge in [0.2, 0.25) is 0 Å². The molecule has 1 unspecified atom stereocenters. The van der Waals surface area contributed by atoms with Crippen LogP contribution >= 0.6 is 0 Å². The van der Waals surface area contributed by atoms with Crippen molar-refractivity contribution >= 4 is 5.91 Å². The molecule has 0 saturated carbocycles. The second-order valence-electron chi connectivity index (χ2n) is 4.76. The van der Waals surface area contributed by atoms with Crippen molar-refractivity contribution in [1.29, 1.82) is 0 Å². The van der Waals surface area contributed by atoms with Gasteiger partial charge in [-0.25, -0.2) is 4.39 Å². The quantitative estimate of drug-likeness (QED) is 0.850. The van der Waals surface area contributed by atoms with Gasteiger partial charge in [-0.15, -0.1) is 0 Å². The Morgan fingerprint density at radius 3 is 2.65 bits per heavy atom. The highest BCUT2D eigenvalue weighted by Gasteiger charge is 2.34. The van der Waals surface area contributed by atoms with E-state index in [-0.39, 0.29) is 18.2 Å². The van der Waals surface area contributed by atoms with Crippen molar-refractivity contribution in [1.82, 2.24) is 4.90 Å². The molecule has 0 aromatic heterocycles. The van der Waals surface area contributed by atoms with E-state index in [1.54, 1.807) is 0 Å². The minimum absolute atomic E-state index is 0.194. The van der Waals surface area contributed by atoms with Crippen molar-refractivity contribution in [3.05, 3.63) is 35.1 Å². The maximum Gasteiger partial charge on any atom is 0.416 e. The number of carbonyl (C=O) groups excluding carboxylic acids is 1. The molecule has 0 radical (unpaired) electrons. The van der Waals surface area contributed by atoms with Gasteiger partial charge in [0.1, 0.15) is 5.82 Å². The molecular formula is C13H14F4N2O. The van der Waals surface area contributed by atoms with Crippen molar-refractivity contribution in [3.8, 4) is 0 Å². The first-order valence-corrected chi connectivity index (χ1v) is 6.21. The molecule has 1 saturated heterocycles. The molecule has 1 aliphatic rings. The van der Waals surface area contributed by atoms with E-state index < -0.39 is 23.5 Å². The molecule has 1 aromatic rings. The van der Waals surface area contributed by atoms with Crippen LogP contribution in [0.25, 0.3) is 0 Å². The number of amides is 1. The summed E-state index contributed by atoms with van der Waals surface area (Å²) in [7, 11) is 0. The molecule has 2 rings (SSSR count). The van der Waals surface area contributed by atoms with Crippen LogP contribution in [-0.4, -0.2) is 29.9 Å². The Hall–Kier alpha value is -1.63. The third-order valence-electron chi connectivity index (χ3n) is 3.38. The Morgan fingerprint density at radius 2 is 2.05 bits per heavy atom. The summed E-state index contributed by atoms with van der Waals surface area (Å²) in [5.41, 5.74) is 4.06. The largest absolute Gasteiger partial charge is 0.416 e. The molecule has 2 N–H and O–H groups in total. The molecule has 0 aliphatic carbocycles. The normalized spacial score (nSPS) is 19.4. The lowest BCUT2D eigenvalue weighted by molar-refractivity contribution is -0.137. The van der Waals surface area contributed by atoms with Crippen LogP contribution in [-0.2, 0) is 6.18 Å². The summed E-state index contributed by atoms with van der Waals surface area (Å²) in [6.45, 7) is 0.672. The van der Waals surface area contributed by atoms with E-state index in [9.17, 15) is 22.4 Å². The number of carbonyl (C=O) groups is 1. The van der Waals surface area contributed by atoms with Crippen molar-refractivity contribution in [3.63, 3.8) is 0 Å². The van der Waals surface area contributed by atoms with Crippen LogP contribution in [0.3, 0.4) is 0 Å². The minimum Gasteiger partial charge on any atom is -0.334 e. The van der Waals surface area contributed by atoms with E-state index in [1.807, 2.05) is 0 Å². The predicted octanol–water partition coefficient (Wildman–Crippen LogP) is 2.41. The average Bonchev–Trinajstić information content (AvgIpc) is 2.84. The molecule has 1 aromatic carbocycles. The number of hydrogen-bond acceptors (Lipinski definition) is 2. The first-order valence-electron chi connectivity index (χ1n) is 6.21. The summed E-state index contributed by atoms with van der Waals surface area (Å²) in [5, 5.41) is 0. The molecule has 0 spiro atoms. The first kappa shape index (κ1) is 14.8. The van der Waals surface area contributed by atoms with Crippen LogP contribution in [0.15, 0.2) is 18.2 Å². The number of nitrogens with zero attached hydrogens (tertiary/aromatic N) is 1. The Balaban J connectivity index is 2.33. The fourth-order valence-corrected chi connectivity index (χ4v) is 2.39. The van der Waals surface area contributed by atoms with E-state index in [1.165, 1.54) is 4.90 Å². The summed E-state index contributed by atoms with van der Waals surface area (Å²) >= 11 is 0. The van der Waals surface area contributed by atoms with E-state index in [4.69, 9.17) is 5.73 Å². The van der Waals surface area contributed by atoms with Gasteiger partial charge in [0.15, 0.2) is 0 Å². The zero-order chi connectivity index (χ0) is 14.9. The van der Waals surface area contributed by atoms with E-state index in [0.29, 0.717) is 25.1 Å². The molecule has 3 nitrogen and oxygen atoms in total. The van der Waals surface area contributed by atoms with Gasteiger partial charge in [-0.3, -0.25) is 4.79 Å². The number of benzene rings is 1. The Morgan fingerprint density at radius 1 is 1.35 bits per heavy atom. The molecule has 1 aliphatic heterocycles. The van der Waals surface area contributed by atoms with Gasteiger partial charge in [0.05, 0.1) is 5.56 Å². The maximum atomic E-state index is 13.3. The van der Waals surface area contributed by atoms with Gasteiger partial charge < -0.3 is 10.6 Å². The van der Waals surface area contributed by atoms with Crippen molar-refractivity contribution in [2.75, 3.05) is 13.1 Å². The molecule has 1 heterocycles. The molecule has 110 valence electrons. The molecule has 1 amide bonds. The number of rotatable bonds is 2. The Bertz CT molecular complexity index is 516. The lowest BCUT2D eigenvalue weighted by atomic mass is 10.1. The number of hydrogen-bond donors (Lipinski definition) is 1. The third-order valence-corrected chi connectivity index (χ3v) is 3.38. The highest BCUT2D eigenvalue weighted by atomic mass is 19.4. The van der Waals surface area contributed by atoms with Crippen LogP contribution in [0.5, 0.6) is 0 Å². The van der Waals surface area contributed by atoms with Crippen molar-refractivity contribution < 1.29 is 22.4 Å². The standard InChI is InChI=1S/C13H14F4N2O/c14-10-5-8(4-9(6-10)13(15,16)17)12(20)19-3-1-2-11(19)7-18/h4-6,11H,1-3,7,18H2. The van der Waals surface area contributed by atoms with Gasteiger partial charge in [-0.05, 0) is 31.0 Å². The zero-order valence-electron chi connectivity index (χ0n) is 10.6. The molecule has 7 heteroatoms. The smallest absolute Gasteiger partial charge is 0.334 e. The molecular weight excluding hydrogens is 276 g/mol. The van der Waals surface area contributed by atoms with Crippen LogP contribution in [0.2, 0.25) is 0 Å². The summed E-state index contributed by atoms with van der Waals surface area (Å²) in [4.78, 5) is 13.6. The van der Waals surface area contributed by atoms with Crippen LogP contribution in [0.4, 0.5) is 17.6 Å². The molecule has 0 bridgehead atoms. The van der Waals surface area contributed by atoms with Gasteiger partial charge in [0, 0.05) is 24.7 Å². The van der Waals surface area contributed by atoms with Gasteiger partial charge in [0.25, 0.3) is 5.91 Å². The summed E-state index contributed by atoms with van der Waals surface area (Å²) < 4.78 is 51.1.